The quantitative estimate of drug-likeness (QED) is 0.681. The zero-order chi connectivity index (χ0) is 10.8. The van der Waals surface area contributed by atoms with Crippen molar-refractivity contribution in [3.05, 3.63) is 41.5 Å². The smallest absolute Gasteiger partial charge is 0.271 e. The summed E-state index contributed by atoms with van der Waals surface area (Å²) in [7, 11) is 0. The molecule has 1 aromatic heterocycles. The fourth-order valence-electron chi connectivity index (χ4n) is 1.85. The molecule has 0 bridgehead atoms. The fourth-order valence-corrected chi connectivity index (χ4v) is 1.85. The van der Waals surface area contributed by atoms with Gasteiger partial charge in [-0.25, -0.2) is 11.6 Å². The summed E-state index contributed by atoms with van der Waals surface area (Å²) >= 11 is 0. The van der Waals surface area contributed by atoms with Crippen molar-refractivity contribution < 1.29 is 0 Å². The number of hydrogen-bond donors (Lipinski definition) is 0. The van der Waals surface area contributed by atoms with Crippen LogP contribution in [-0.2, 0) is 6.54 Å². The minimum atomic E-state index is 0.342. The third kappa shape index (κ3) is 1.59. The van der Waals surface area contributed by atoms with E-state index in [9.17, 15) is 0 Å². The van der Waals surface area contributed by atoms with Crippen LogP contribution in [0.4, 0.5) is 0 Å². The highest BCUT2D eigenvalue weighted by Crippen LogP contribution is 2.21. The van der Waals surface area contributed by atoms with Crippen LogP contribution in [0.2, 0.25) is 0 Å². The number of para-hydroxylation sites is 2. The summed E-state index contributed by atoms with van der Waals surface area (Å²) in [4.78, 5) is 7.88. The van der Waals surface area contributed by atoms with Gasteiger partial charge in [-0.2, -0.15) is 0 Å². The van der Waals surface area contributed by atoms with Gasteiger partial charge in [0.1, 0.15) is 0 Å². The Kier molecular flexibility index (Phi) is 2.42. The van der Waals surface area contributed by atoms with Crippen molar-refractivity contribution >= 4 is 11.0 Å². The number of benzene rings is 1. The first-order valence-electron chi connectivity index (χ1n) is 5.03. The minimum Gasteiger partial charge on any atom is -0.319 e. The van der Waals surface area contributed by atoms with Gasteiger partial charge >= 0.3 is 0 Å². The Hall–Kier alpha value is -1.82. The van der Waals surface area contributed by atoms with E-state index in [2.05, 4.69) is 34.3 Å². The number of fused-ring (bicyclic) bond motifs is 1. The standard InChI is InChI=1S/C12H13N3/c1-9(2)15-11-7-5-4-6-10(11)14-12(15)8-13-3/h4-7,9H,8H2,1-2H3. The average molecular weight is 199 g/mol. The maximum absolute atomic E-state index is 6.92. The lowest BCUT2D eigenvalue weighted by atomic mass is 10.3. The molecule has 0 saturated carbocycles. The van der Waals surface area contributed by atoms with Gasteiger partial charge in [0.15, 0.2) is 5.82 Å². The molecule has 1 heterocycles. The average Bonchev–Trinajstić information content (AvgIpc) is 2.56. The van der Waals surface area contributed by atoms with Gasteiger partial charge in [0.05, 0.1) is 11.0 Å². The predicted octanol–water partition coefficient (Wildman–Crippen LogP) is 3.04. The van der Waals surface area contributed by atoms with Crippen LogP contribution in [0.5, 0.6) is 0 Å². The molecule has 3 nitrogen and oxygen atoms in total. The molecule has 2 aromatic rings. The molecule has 0 saturated heterocycles. The highest BCUT2D eigenvalue weighted by Gasteiger charge is 2.13. The Morgan fingerprint density at radius 3 is 2.80 bits per heavy atom. The molecule has 0 fully saturated rings. The van der Waals surface area contributed by atoms with Crippen LogP contribution >= 0.6 is 0 Å². The molecule has 0 atom stereocenters. The van der Waals surface area contributed by atoms with Crippen molar-refractivity contribution in [3.8, 4) is 0 Å². The van der Waals surface area contributed by atoms with E-state index in [4.69, 9.17) is 6.57 Å². The van der Waals surface area contributed by atoms with Crippen LogP contribution in [0.15, 0.2) is 24.3 Å². The first-order chi connectivity index (χ1) is 7.24. The van der Waals surface area contributed by atoms with Crippen molar-refractivity contribution in [1.29, 1.82) is 0 Å². The van der Waals surface area contributed by atoms with Crippen molar-refractivity contribution in [2.75, 3.05) is 0 Å². The van der Waals surface area contributed by atoms with Crippen LogP contribution in [-0.4, -0.2) is 9.55 Å². The van der Waals surface area contributed by atoms with Crippen molar-refractivity contribution in [3.63, 3.8) is 0 Å². The van der Waals surface area contributed by atoms with E-state index >= 15 is 0 Å². The molecule has 0 aliphatic rings. The number of imidazole rings is 1. The molecule has 15 heavy (non-hydrogen) atoms. The van der Waals surface area contributed by atoms with Gasteiger partial charge in [-0.05, 0) is 26.0 Å². The van der Waals surface area contributed by atoms with Crippen molar-refractivity contribution in [2.45, 2.75) is 26.4 Å². The van der Waals surface area contributed by atoms with Crippen LogP contribution < -0.4 is 0 Å². The second kappa shape index (κ2) is 3.74. The van der Waals surface area contributed by atoms with Crippen LogP contribution in [0.1, 0.15) is 25.7 Å². The molecule has 76 valence electrons. The summed E-state index contributed by atoms with van der Waals surface area (Å²) in [6.07, 6.45) is 0. The van der Waals surface area contributed by atoms with Crippen LogP contribution in [0, 0.1) is 6.57 Å². The molecule has 2 rings (SSSR count). The molecule has 0 aliphatic carbocycles. The third-order valence-corrected chi connectivity index (χ3v) is 2.41. The first kappa shape index (κ1) is 9.72. The molecule has 0 unspecified atom stereocenters. The molecular formula is C12H13N3. The summed E-state index contributed by atoms with van der Waals surface area (Å²) in [6.45, 7) is 11.5. The molecule has 0 amide bonds. The van der Waals surface area contributed by atoms with E-state index < -0.39 is 0 Å². The molecule has 0 spiro atoms. The summed E-state index contributed by atoms with van der Waals surface area (Å²) in [5.74, 6) is 0.862. The van der Waals surface area contributed by atoms with E-state index in [0.29, 0.717) is 12.6 Å². The Morgan fingerprint density at radius 1 is 1.40 bits per heavy atom. The Morgan fingerprint density at radius 2 is 2.13 bits per heavy atom. The Bertz CT molecular complexity index is 517. The summed E-state index contributed by atoms with van der Waals surface area (Å²) in [5.41, 5.74) is 2.09. The summed E-state index contributed by atoms with van der Waals surface area (Å²) in [5, 5.41) is 0. The largest absolute Gasteiger partial charge is 0.319 e. The van der Waals surface area contributed by atoms with Crippen molar-refractivity contribution in [1.82, 2.24) is 9.55 Å². The number of hydrogen-bond acceptors (Lipinski definition) is 1. The number of aromatic nitrogens is 2. The lowest BCUT2D eigenvalue weighted by Crippen LogP contribution is -2.04. The molecule has 0 aliphatic heterocycles. The van der Waals surface area contributed by atoms with Crippen molar-refractivity contribution in [2.24, 2.45) is 0 Å². The van der Waals surface area contributed by atoms with Gasteiger partial charge in [0.2, 0.25) is 0 Å². The Labute approximate surface area is 89.2 Å². The summed E-state index contributed by atoms with van der Waals surface area (Å²) in [6, 6.07) is 8.36. The second-order valence-electron chi connectivity index (χ2n) is 3.80. The second-order valence-corrected chi connectivity index (χ2v) is 3.80. The zero-order valence-corrected chi connectivity index (χ0v) is 8.94. The zero-order valence-electron chi connectivity index (χ0n) is 8.94. The van der Waals surface area contributed by atoms with E-state index in [1.54, 1.807) is 0 Å². The normalized spacial score (nSPS) is 10.8. The molecule has 1 aromatic carbocycles. The van der Waals surface area contributed by atoms with Crippen LogP contribution in [0.3, 0.4) is 0 Å². The Balaban J connectivity index is 2.70. The molecule has 3 heteroatoms. The van der Waals surface area contributed by atoms with E-state index in [1.807, 2.05) is 18.2 Å². The fraction of sp³-hybridized carbons (Fsp3) is 0.333. The van der Waals surface area contributed by atoms with Gasteiger partial charge in [-0.3, -0.25) is 0 Å². The topological polar surface area (TPSA) is 22.2 Å². The lowest BCUT2D eigenvalue weighted by Gasteiger charge is -2.09. The van der Waals surface area contributed by atoms with E-state index in [-0.39, 0.29) is 0 Å². The molecule has 0 N–H and O–H groups in total. The lowest BCUT2D eigenvalue weighted by molar-refractivity contribution is 0.592. The minimum absolute atomic E-state index is 0.342. The maximum Gasteiger partial charge on any atom is 0.271 e. The highest BCUT2D eigenvalue weighted by molar-refractivity contribution is 5.76. The van der Waals surface area contributed by atoms with Crippen LogP contribution in [0.25, 0.3) is 15.9 Å². The maximum atomic E-state index is 6.92. The van der Waals surface area contributed by atoms with Gasteiger partial charge in [0.25, 0.3) is 6.54 Å². The highest BCUT2D eigenvalue weighted by atomic mass is 15.1. The SMILES string of the molecule is [C-]#[N+]Cc1nc2ccccc2n1C(C)C. The summed E-state index contributed by atoms with van der Waals surface area (Å²) < 4.78 is 2.13. The monoisotopic (exact) mass is 199 g/mol. The van der Waals surface area contributed by atoms with E-state index in [1.165, 1.54) is 0 Å². The number of rotatable bonds is 2. The molecular weight excluding hydrogens is 186 g/mol. The predicted molar refractivity (Wildman–Crippen MR) is 60.4 cm³/mol. The number of nitrogens with zero attached hydrogens (tertiary/aromatic N) is 3. The van der Waals surface area contributed by atoms with Gasteiger partial charge < -0.3 is 9.41 Å². The van der Waals surface area contributed by atoms with Gasteiger partial charge in [0, 0.05) is 6.04 Å². The first-order valence-corrected chi connectivity index (χ1v) is 5.03. The van der Waals surface area contributed by atoms with E-state index in [0.717, 1.165) is 16.9 Å². The van der Waals surface area contributed by atoms with Gasteiger partial charge in [-0.15, -0.1) is 0 Å². The third-order valence-electron chi connectivity index (χ3n) is 2.41. The van der Waals surface area contributed by atoms with Gasteiger partial charge in [-0.1, -0.05) is 12.1 Å². The molecule has 0 radical (unpaired) electrons.